The minimum Gasteiger partial charge on any atom is -0.460 e. The minimum atomic E-state index is -4.63. The SMILES string of the molecule is CP(C)(=O)OCCOC(=O)c1ccccc1C(=O)OCCOS(=O)(=O)O. The molecule has 1 N–H and O–H groups in total. The van der Waals surface area contributed by atoms with E-state index >= 15 is 0 Å². The van der Waals surface area contributed by atoms with Gasteiger partial charge in [0.15, 0.2) is 7.37 Å². The van der Waals surface area contributed by atoms with E-state index in [0.29, 0.717) is 0 Å². The maximum Gasteiger partial charge on any atom is 0.397 e. The van der Waals surface area contributed by atoms with Gasteiger partial charge in [-0.15, -0.1) is 0 Å². The van der Waals surface area contributed by atoms with Crippen molar-refractivity contribution in [1.29, 1.82) is 0 Å². The zero-order chi connectivity index (χ0) is 19.8. The Morgan fingerprint density at radius 2 is 1.42 bits per heavy atom. The molecule has 1 aromatic carbocycles. The number of carbonyl (C=O) groups excluding carboxylic acids is 2. The van der Waals surface area contributed by atoms with Gasteiger partial charge in [-0.1, -0.05) is 12.1 Å². The third kappa shape index (κ3) is 9.07. The van der Waals surface area contributed by atoms with Gasteiger partial charge in [0.2, 0.25) is 0 Å². The van der Waals surface area contributed by atoms with Gasteiger partial charge < -0.3 is 14.0 Å². The molecule has 0 amide bonds. The largest absolute Gasteiger partial charge is 0.460 e. The molecule has 0 aromatic heterocycles. The second-order valence-corrected chi connectivity index (χ2v) is 9.01. The molecule has 0 aliphatic carbocycles. The smallest absolute Gasteiger partial charge is 0.397 e. The molecule has 0 spiro atoms. The van der Waals surface area contributed by atoms with Crippen LogP contribution in [0, 0.1) is 0 Å². The lowest BCUT2D eigenvalue weighted by atomic mass is 10.1. The van der Waals surface area contributed by atoms with E-state index in [0.717, 1.165) is 0 Å². The Kier molecular flexibility index (Phi) is 8.38. The third-order valence-electron chi connectivity index (χ3n) is 2.63. The Bertz CT molecular complexity index is 783. The van der Waals surface area contributed by atoms with Crippen LogP contribution in [0.15, 0.2) is 24.3 Å². The number of benzene rings is 1. The third-order valence-corrected chi connectivity index (χ3v) is 3.90. The van der Waals surface area contributed by atoms with E-state index in [1.807, 2.05) is 0 Å². The van der Waals surface area contributed by atoms with Gasteiger partial charge >= 0.3 is 22.3 Å². The van der Waals surface area contributed by atoms with Crippen molar-refractivity contribution in [3.05, 3.63) is 35.4 Å². The van der Waals surface area contributed by atoms with Crippen LogP contribution in [0.25, 0.3) is 0 Å². The molecule has 0 bridgehead atoms. The minimum absolute atomic E-state index is 0.0599. The zero-order valence-electron chi connectivity index (χ0n) is 14.1. The van der Waals surface area contributed by atoms with Crippen LogP contribution in [0.3, 0.4) is 0 Å². The van der Waals surface area contributed by atoms with Crippen molar-refractivity contribution >= 4 is 29.7 Å². The van der Waals surface area contributed by atoms with Gasteiger partial charge in [-0.3, -0.25) is 9.12 Å². The first-order valence-corrected chi connectivity index (χ1v) is 11.1. The molecule has 0 fully saturated rings. The second-order valence-electron chi connectivity index (χ2n) is 5.15. The van der Waals surface area contributed by atoms with Gasteiger partial charge in [-0.25, -0.2) is 13.8 Å². The first-order chi connectivity index (χ1) is 12.0. The van der Waals surface area contributed by atoms with Crippen molar-refractivity contribution in [3.8, 4) is 0 Å². The van der Waals surface area contributed by atoms with E-state index in [9.17, 15) is 22.6 Å². The summed E-state index contributed by atoms with van der Waals surface area (Å²) in [6.45, 7) is 1.59. The molecular formula is C14H19O10PS. The molecule has 1 rings (SSSR count). The summed E-state index contributed by atoms with van der Waals surface area (Å²) >= 11 is 0. The van der Waals surface area contributed by atoms with E-state index in [4.69, 9.17) is 18.6 Å². The Labute approximate surface area is 150 Å². The van der Waals surface area contributed by atoms with Crippen molar-refractivity contribution in [2.45, 2.75) is 0 Å². The first kappa shape index (κ1) is 22.3. The predicted octanol–water partition coefficient (Wildman–Crippen LogP) is 1.37. The van der Waals surface area contributed by atoms with E-state index in [1.54, 1.807) is 0 Å². The Balaban J connectivity index is 2.61. The second kappa shape index (κ2) is 9.79. The Hall–Kier alpha value is -1.78. The summed E-state index contributed by atoms with van der Waals surface area (Å²) in [5.41, 5.74) is -0.161. The highest BCUT2D eigenvalue weighted by molar-refractivity contribution is 7.80. The van der Waals surface area contributed by atoms with E-state index in [-0.39, 0.29) is 24.3 Å². The van der Waals surface area contributed by atoms with Crippen LogP contribution in [-0.4, -0.2) is 64.7 Å². The van der Waals surface area contributed by atoms with Crippen LogP contribution in [0.5, 0.6) is 0 Å². The topological polar surface area (TPSA) is 142 Å². The average molecular weight is 410 g/mol. The number of esters is 2. The molecule has 12 heteroatoms. The van der Waals surface area contributed by atoms with Crippen molar-refractivity contribution < 1.29 is 45.3 Å². The molecule has 0 heterocycles. The molecule has 0 atom stereocenters. The van der Waals surface area contributed by atoms with Crippen molar-refractivity contribution in [2.75, 3.05) is 39.8 Å². The van der Waals surface area contributed by atoms with Crippen LogP contribution >= 0.6 is 7.37 Å². The van der Waals surface area contributed by atoms with Gasteiger partial charge in [0.05, 0.1) is 17.7 Å². The summed E-state index contributed by atoms with van der Waals surface area (Å²) in [5, 5.41) is 0. The molecule has 10 nitrogen and oxygen atoms in total. The summed E-state index contributed by atoms with van der Waals surface area (Å²) in [5.74, 6) is -1.71. The Morgan fingerprint density at radius 3 is 1.85 bits per heavy atom. The lowest BCUT2D eigenvalue weighted by Crippen LogP contribution is -2.18. The molecule has 26 heavy (non-hydrogen) atoms. The molecule has 0 aliphatic heterocycles. The number of ether oxygens (including phenoxy) is 2. The summed E-state index contributed by atoms with van der Waals surface area (Å²) in [4.78, 5) is 24.1. The van der Waals surface area contributed by atoms with Gasteiger partial charge in [0.1, 0.15) is 19.8 Å². The summed E-state index contributed by atoms with van der Waals surface area (Å²) in [6.07, 6.45) is 0. The van der Waals surface area contributed by atoms with E-state index < -0.39 is 42.9 Å². The normalized spacial score (nSPS) is 11.8. The fourth-order valence-corrected chi connectivity index (χ4v) is 2.45. The number of hydrogen-bond acceptors (Lipinski definition) is 9. The first-order valence-electron chi connectivity index (χ1n) is 7.24. The lowest BCUT2D eigenvalue weighted by molar-refractivity contribution is 0.0405. The summed E-state index contributed by atoms with van der Waals surface area (Å²) in [7, 11) is -7.32. The fourth-order valence-electron chi connectivity index (χ4n) is 1.66. The lowest BCUT2D eigenvalue weighted by Gasteiger charge is -2.11. The highest BCUT2D eigenvalue weighted by atomic mass is 32.3. The zero-order valence-corrected chi connectivity index (χ0v) is 15.8. The predicted molar refractivity (Wildman–Crippen MR) is 89.9 cm³/mol. The van der Waals surface area contributed by atoms with Crippen LogP contribution in [0.1, 0.15) is 20.7 Å². The van der Waals surface area contributed by atoms with Gasteiger partial charge in [0.25, 0.3) is 0 Å². The highest BCUT2D eigenvalue weighted by Gasteiger charge is 2.19. The van der Waals surface area contributed by atoms with Crippen LogP contribution in [0.4, 0.5) is 0 Å². The molecule has 0 saturated heterocycles. The van der Waals surface area contributed by atoms with Crippen LogP contribution in [0.2, 0.25) is 0 Å². The standard InChI is InChI=1S/C14H19O10PS/c1-25(2,17)23-9-7-21-13(15)11-5-3-4-6-12(11)14(16)22-8-10-24-26(18,19)20/h3-6H,7-10H2,1-2H3,(H,18,19,20). The van der Waals surface area contributed by atoms with Crippen molar-refractivity contribution in [2.24, 2.45) is 0 Å². The Morgan fingerprint density at radius 1 is 0.962 bits per heavy atom. The molecule has 0 saturated carbocycles. The van der Waals surface area contributed by atoms with Gasteiger partial charge in [0, 0.05) is 13.3 Å². The number of rotatable bonds is 10. The van der Waals surface area contributed by atoms with Gasteiger partial charge in [-0.05, 0) is 12.1 Å². The molecule has 1 aromatic rings. The summed E-state index contributed by atoms with van der Waals surface area (Å²) in [6, 6.07) is 5.68. The highest BCUT2D eigenvalue weighted by Crippen LogP contribution is 2.36. The molecule has 0 radical (unpaired) electrons. The monoisotopic (exact) mass is 410 g/mol. The maximum absolute atomic E-state index is 12.1. The molecule has 0 aliphatic rings. The van der Waals surface area contributed by atoms with E-state index in [2.05, 4.69) is 4.18 Å². The van der Waals surface area contributed by atoms with Crippen molar-refractivity contribution in [3.63, 3.8) is 0 Å². The molecule has 0 unspecified atom stereocenters. The van der Waals surface area contributed by atoms with Crippen molar-refractivity contribution in [1.82, 2.24) is 0 Å². The van der Waals surface area contributed by atoms with Crippen LogP contribution < -0.4 is 0 Å². The fraction of sp³-hybridized carbons (Fsp3) is 0.429. The average Bonchev–Trinajstić information content (AvgIpc) is 2.53. The summed E-state index contributed by atoms with van der Waals surface area (Å²) < 4.78 is 59.3. The van der Waals surface area contributed by atoms with Crippen LogP contribution in [-0.2, 0) is 33.1 Å². The number of hydrogen-bond donors (Lipinski definition) is 1. The molecular weight excluding hydrogens is 391 g/mol. The van der Waals surface area contributed by atoms with Gasteiger partial charge in [-0.2, -0.15) is 8.42 Å². The molecule has 146 valence electrons. The number of carbonyl (C=O) groups is 2. The maximum atomic E-state index is 12.1. The van der Waals surface area contributed by atoms with E-state index in [1.165, 1.54) is 37.6 Å². The quantitative estimate of drug-likeness (QED) is 0.260.